The lowest BCUT2D eigenvalue weighted by Crippen LogP contribution is -2.15. The van der Waals surface area contributed by atoms with E-state index >= 15 is 0 Å². The topological polar surface area (TPSA) is 118 Å². The number of anilines is 1. The molecule has 20 heavy (non-hydrogen) atoms. The van der Waals surface area contributed by atoms with Crippen LogP contribution >= 0.6 is 11.6 Å². The molecule has 0 saturated carbocycles. The molecular weight excluding hydrogens is 288 g/mol. The number of aromatic hydroxyl groups is 1. The number of benzene rings is 1. The first-order valence-corrected chi connectivity index (χ1v) is 5.61. The number of hydrogen-bond acceptors (Lipinski definition) is 6. The largest absolute Gasteiger partial charge is 0.508 e. The monoisotopic (exact) mass is 294 g/mol. The highest BCUT2D eigenvalue weighted by Gasteiger charge is 2.18. The maximum absolute atomic E-state index is 11.9. The van der Waals surface area contributed by atoms with Gasteiger partial charge in [-0.2, -0.15) is 0 Å². The smallest absolute Gasteiger partial charge is 0.296 e. The SMILES string of the molecule is O=C(Nc1ccc(O)cc1[N+](=O)[O-])c1cncc(Cl)n1. The van der Waals surface area contributed by atoms with Gasteiger partial charge in [0.15, 0.2) is 0 Å². The van der Waals surface area contributed by atoms with Gasteiger partial charge in [-0.05, 0) is 12.1 Å². The minimum absolute atomic E-state index is 0.0258. The van der Waals surface area contributed by atoms with E-state index in [2.05, 4.69) is 15.3 Å². The number of carbonyl (C=O) groups is 1. The molecule has 0 fully saturated rings. The molecular formula is C11H7ClN4O4. The van der Waals surface area contributed by atoms with Gasteiger partial charge in [-0.25, -0.2) is 4.98 Å². The fourth-order valence-electron chi connectivity index (χ4n) is 1.41. The summed E-state index contributed by atoms with van der Waals surface area (Å²) >= 11 is 5.60. The van der Waals surface area contributed by atoms with Crippen molar-refractivity contribution in [3.05, 3.63) is 51.6 Å². The van der Waals surface area contributed by atoms with E-state index in [0.29, 0.717) is 0 Å². The number of nitrogens with one attached hydrogen (secondary N) is 1. The summed E-state index contributed by atoms with van der Waals surface area (Å²) in [6.07, 6.45) is 2.43. The normalized spacial score (nSPS) is 10.1. The van der Waals surface area contributed by atoms with Crippen molar-refractivity contribution in [2.45, 2.75) is 0 Å². The number of nitro benzene ring substituents is 1. The number of nitrogens with zero attached hydrogens (tertiary/aromatic N) is 3. The molecule has 2 rings (SSSR count). The highest BCUT2D eigenvalue weighted by atomic mass is 35.5. The second-order valence-electron chi connectivity index (χ2n) is 3.64. The van der Waals surface area contributed by atoms with Crippen molar-refractivity contribution in [3.8, 4) is 5.75 Å². The molecule has 2 aromatic rings. The molecule has 0 aliphatic rings. The van der Waals surface area contributed by atoms with E-state index in [1.54, 1.807) is 0 Å². The van der Waals surface area contributed by atoms with Crippen LogP contribution in [-0.2, 0) is 0 Å². The summed E-state index contributed by atoms with van der Waals surface area (Å²) < 4.78 is 0. The Labute approximate surface area is 117 Å². The molecule has 0 unspecified atom stereocenters. The Morgan fingerprint density at radius 3 is 2.80 bits per heavy atom. The van der Waals surface area contributed by atoms with Crippen LogP contribution in [0.15, 0.2) is 30.6 Å². The maximum atomic E-state index is 11.9. The van der Waals surface area contributed by atoms with Gasteiger partial charge in [0, 0.05) is 0 Å². The fraction of sp³-hybridized carbons (Fsp3) is 0. The van der Waals surface area contributed by atoms with Gasteiger partial charge < -0.3 is 10.4 Å². The van der Waals surface area contributed by atoms with Crippen LogP contribution in [0.1, 0.15) is 10.5 Å². The van der Waals surface area contributed by atoms with Crippen LogP contribution in [0.5, 0.6) is 5.75 Å². The van der Waals surface area contributed by atoms with E-state index in [1.165, 1.54) is 24.5 Å². The van der Waals surface area contributed by atoms with Gasteiger partial charge in [-0.15, -0.1) is 0 Å². The summed E-state index contributed by atoms with van der Waals surface area (Å²) in [4.78, 5) is 29.4. The summed E-state index contributed by atoms with van der Waals surface area (Å²) in [5.41, 5.74) is -0.590. The van der Waals surface area contributed by atoms with E-state index in [0.717, 1.165) is 6.07 Å². The zero-order valence-corrected chi connectivity index (χ0v) is 10.5. The molecule has 0 aliphatic heterocycles. The van der Waals surface area contributed by atoms with E-state index in [4.69, 9.17) is 11.6 Å². The van der Waals surface area contributed by atoms with Crippen LogP contribution in [0, 0.1) is 10.1 Å². The third-order valence-electron chi connectivity index (χ3n) is 2.26. The third kappa shape index (κ3) is 2.98. The Hall–Kier alpha value is -2.74. The van der Waals surface area contributed by atoms with Crippen LogP contribution in [0.4, 0.5) is 11.4 Å². The van der Waals surface area contributed by atoms with Crippen LogP contribution in [0.25, 0.3) is 0 Å². The van der Waals surface area contributed by atoms with Crippen molar-refractivity contribution < 1.29 is 14.8 Å². The second kappa shape index (κ2) is 5.49. The lowest BCUT2D eigenvalue weighted by molar-refractivity contribution is -0.384. The zero-order valence-electron chi connectivity index (χ0n) is 9.78. The molecule has 1 heterocycles. The quantitative estimate of drug-likeness (QED) is 0.507. The number of hydrogen-bond donors (Lipinski definition) is 2. The molecule has 9 heteroatoms. The Balaban J connectivity index is 2.30. The number of phenolic OH excluding ortho intramolecular Hbond substituents is 1. The summed E-state index contributed by atoms with van der Waals surface area (Å²) in [5, 5.41) is 22.4. The lowest BCUT2D eigenvalue weighted by Gasteiger charge is -2.05. The van der Waals surface area contributed by atoms with Crippen molar-refractivity contribution in [1.29, 1.82) is 0 Å². The van der Waals surface area contributed by atoms with Crippen molar-refractivity contribution >= 4 is 28.9 Å². The van der Waals surface area contributed by atoms with E-state index in [-0.39, 0.29) is 22.3 Å². The van der Waals surface area contributed by atoms with Gasteiger partial charge >= 0.3 is 0 Å². The number of phenols is 1. The van der Waals surface area contributed by atoms with E-state index in [9.17, 15) is 20.0 Å². The highest BCUT2D eigenvalue weighted by molar-refractivity contribution is 6.29. The predicted octanol–water partition coefficient (Wildman–Crippen LogP) is 2.00. The van der Waals surface area contributed by atoms with Crippen LogP contribution in [-0.4, -0.2) is 25.9 Å². The second-order valence-corrected chi connectivity index (χ2v) is 4.03. The Morgan fingerprint density at radius 1 is 1.40 bits per heavy atom. The highest BCUT2D eigenvalue weighted by Crippen LogP contribution is 2.28. The number of halogens is 1. The molecule has 0 saturated heterocycles. The summed E-state index contributed by atoms with van der Waals surface area (Å²) in [6, 6.07) is 3.36. The van der Waals surface area contributed by atoms with Crippen molar-refractivity contribution in [1.82, 2.24) is 9.97 Å². The van der Waals surface area contributed by atoms with Crippen LogP contribution < -0.4 is 5.32 Å². The van der Waals surface area contributed by atoms with Gasteiger partial charge in [0.1, 0.15) is 22.3 Å². The van der Waals surface area contributed by atoms with Gasteiger partial charge in [0.2, 0.25) is 0 Å². The number of carbonyl (C=O) groups excluding carboxylic acids is 1. The lowest BCUT2D eigenvalue weighted by atomic mass is 10.2. The molecule has 1 amide bonds. The van der Waals surface area contributed by atoms with Gasteiger partial charge in [-0.3, -0.25) is 19.9 Å². The fourth-order valence-corrected chi connectivity index (χ4v) is 1.56. The number of aromatic nitrogens is 2. The van der Waals surface area contributed by atoms with Gasteiger partial charge in [-0.1, -0.05) is 11.6 Å². The van der Waals surface area contributed by atoms with Crippen molar-refractivity contribution in [2.75, 3.05) is 5.32 Å². The third-order valence-corrected chi connectivity index (χ3v) is 2.45. The van der Waals surface area contributed by atoms with Crippen molar-refractivity contribution in [2.24, 2.45) is 0 Å². The Morgan fingerprint density at radius 2 is 2.15 bits per heavy atom. The molecule has 0 bridgehead atoms. The number of rotatable bonds is 3. The van der Waals surface area contributed by atoms with E-state index in [1.807, 2.05) is 0 Å². The number of amides is 1. The van der Waals surface area contributed by atoms with Gasteiger partial charge in [0.25, 0.3) is 11.6 Å². The molecule has 2 N–H and O–H groups in total. The predicted molar refractivity (Wildman–Crippen MR) is 69.8 cm³/mol. The van der Waals surface area contributed by atoms with Crippen LogP contribution in [0.3, 0.4) is 0 Å². The minimum atomic E-state index is -0.723. The molecule has 0 aliphatic carbocycles. The standard InChI is InChI=1S/C11H7ClN4O4/c12-10-5-13-4-8(14-10)11(18)15-7-2-1-6(17)3-9(7)16(19)20/h1-5,17H,(H,15,18). The molecule has 1 aromatic heterocycles. The first-order valence-electron chi connectivity index (χ1n) is 5.23. The Bertz CT molecular complexity index is 692. The van der Waals surface area contributed by atoms with Crippen molar-refractivity contribution in [3.63, 3.8) is 0 Å². The average Bonchev–Trinajstić information content (AvgIpc) is 2.40. The van der Waals surface area contributed by atoms with Gasteiger partial charge in [0.05, 0.1) is 23.4 Å². The minimum Gasteiger partial charge on any atom is -0.508 e. The molecule has 0 radical (unpaired) electrons. The summed E-state index contributed by atoms with van der Waals surface area (Å²) in [6.45, 7) is 0. The summed E-state index contributed by atoms with van der Waals surface area (Å²) in [7, 11) is 0. The first kappa shape index (κ1) is 13.7. The summed E-state index contributed by atoms with van der Waals surface area (Å²) in [5.74, 6) is -0.981. The maximum Gasteiger partial charge on any atom is 0.296 e. The Kier molecular flexibility index (Phi) is 3.76. The van der Waals surface area contributed by atoms with Crippen LogP contribution in [0.2, 0.25) is 5.15 Å². The molecule has 0 spiro atoms. The molecule has 102 valence electrons. The number of nitro groups is 1. The molecule has 1 aromatic carbocycles. The molecule has 0 atom stereocenters. The zero-order chi connectivity index (χ0) is 14.7. The average molecular weight is 295 g/mol. The van der Waals surface area contributed by atoms with E-state index < -0.39 is 16.5 Å². The first-order chi connectivity index (χ1) is 9.47. The molecule has 8 nitrogen and oxygen atoms in total.